The molecule has 0 aliphatic heterocycles. The molecule has 126 valence electrons. The van der Waals surface area contributed by atoms with Gasteiger partial charge in [0.2, 0.25) is 0 Å². The van der Waals surface area contributed by atoms with Crippen molar-refractivity contribution in [1.29, 1.82) is 0 Å². The molecule has 0 bridgehead atoms. The smallest absolute Gasteiger partial charge is 0.161 e. The maximum Gasteiger partial charge on any atom is 0.161 e. The lowest BCUT2D eigenvalue weighted by Crippen LogP contribution is -2.03. The van der Waals surface area contributed by atoms with E-state index in [0.29, 0.717) is 5.69 Å². The van der Waals surface area contributed by atoms with Crippen LogP contribution in [0.2, 0.25) is 0 Å². The Morgan fingerprint density at radius 1 is 0.917 bits per heavy atom. The SMILES string of the molecule is CCCc1cc(CCC)c(O)c(-n2nc3cc(F)c(F)cc3n2)c1. The molecule has 0 aliphatic rings. The Balaban J connectivity index is 2.16. The number of phenolic OH excluding ortho intramolecular Hbond substituents is 1. The van der Waals surface area contributed by atoms with Crippen LogP contribution < -0.4 is 0 Å². The average molecular weight is 331 g/mol. The lowest BCUT2D eigenvalue weighted by atomic mass is 10.0. The summed E-state index contributed by atoms with van der Waals surface area (Å²) < 4.78 is 26.7. The summed E-state index contributed by atoms with van der Waals surface area (Å²) in [6.07, 6.45) is 3.47. The molecule has 0 radical (unpaired) electrons. The molecule has 0 saturated heterocycles. The third-order valence-electron chi connectivity index (χ3n) is 3.92. The van der Waals surface area contributed by atoms with Gasteiger partial charge in [0, 0.05) is 12.1 Å². The second-order valence-electron chi connectivity index (χ2n) is 5.87. The molecule has 0 amide bonds. The highest BCUT2D eigenvalue weighted by Crippen LogP contribution is 2.30. The number of nitrogens with zero attached hydrogens (tertiary/aromatic N) is 3. The van der Waals surface area contributed by atoms with Crippen LogP contribution in [0.5, 0.6) is 5.75 Å². The summed E-state index contributed by atoms with van der Waals surface area (Å²) in [5, 5.41) is 18.9. The molecule has 3 rings (SSSR count). The maximum absolute atomic E-state index is 13.4. The molecule has 1 heterocycles. The second kappa shape index (κ2) is 6.55. The molecule has 0 spiro atoms. The minimum atomic E-state index is -0.967. The number of aromatic nitrogens is 3. The van der Waals surface area contributed by atoms with Crippen molar-refractivity contribution >= 4 is 11.0 Å². The Bertz CT molecular complexity index is 851. The van der Waals surface area contributed by atoms with E-state index in [1.165, 1.54) is 4.80 Å². The minimum absolute atomic E-state index is 0.109. The van der Waals surface area contributed by atoms with Crippen molar-refractivity contribution in [2.75, 3.05) is 0 Å². The molecule has 24 heavy (non-hydrogen) atoms. The van der Waals surface area contributed by atoms with Gasteiger partial charge >= 0.3 is 0 Å². The molecule has 0 fully saturated rings. The number of benzene rings is 2. The van der Waals surface area contributed by atoms with Crippen molar-refractivity contribution in [3.05, 3.63) is 47.0 Å². The highest BCUT2D eigenvalue weighted by Gasteiger charge is 2.15. The van der Waals surface area contributed by atoms with Gasteiger partial charge in [-0.2, -0.15) is 0 Å². The van der Waals surface area contributed by atoms with Crippen LogP contribution in [0.4, 0.5) is 8.78 Å². The van der Waals surface area contributed by atoms with Gasteiger partial charge in [-0.15, -0.1) is 15.0 Å². The summed E-state index contributed by atoms with van der Waals surface area (Å²) >= 11 is 0. The zero-order valence-corrected chi connectivity index (χ0v) is 13.7. The van der Waals surface area contributed by atoms with Crippen LogP contribution in [0.25, 0.3) is 16.7 Å². The lowest BCUT2D eigenvalue weighted by molar-refractivity contribution is 0.460. The van der Waals surface area contributed by atoms with Gasteiger partial charge in [-0.05, 0) is 30.0 Å². The number of rotatable bonds is 5. The fourth-order valence-corrected chi connectivity index (χ4v) is 2.81. The number of aromatic hydroxyl groups is 1. The normalized spacial score (nSPS) is 11.3. The first kappa shape index (κ1) is 16.4. The van der Waals surface area contributed by atoms with Crippen LogP contribution >= 0.6 is 0 Å². The summed E-state index contributed by atoms with van der Waals surface area (Å²) in [5.74, 6) is -1.83. The summed E-state index contributed by atoms with van der Waals surface area (Å²) in [5.41, 5.74) is 2.82. The number of fused-ring (bicyclic) bond motifs is 1. The molecule has 3 aromatic rings. The van der Waals surface area contributed by atoms with Crippen LogP contribution in [0.3, 0.4) is 0 Å². The highest BCUT2D eigenvalue weighted by molar-refractivity contribution is 5.74. The number of phenols is 1. The lowest BCUT2D eigenvalue weighted by Gasteiger charge is -2.11. The van der Waals surface area contributed by atoms with Gasteiger partial charge in [0.1, 0.15) is 22.5 Å². The molecule has 0 saturated carbocycles. The second-order valence-corrected chi connectivity index (χ2v) is 5.87. The van der Waals surface area contributed by atoms with Crippen LogP contribution in [0, 0.1) is 11.6 Å². The quantitative estimate of drug-likeness (QED) is 0.758. The van der Waals surface area contributed by atoms with E-state index in [1.807, 2.05) is 19.1 Å². The number of halogens is 2. The molecule has 0 unspecified atom stereocenters. The molecule has 0 aliphatic carbocycles. The van der Waals surface area contributed by atoms with E-state index in [4.69, 9.17) is 0 Å². The predicted octanol–water partition coefficient (Wildman–Crippen LogP) is 4.31. The van der Waals surface area contributed by atoms with Gasteiger partial charge in [0.25, 0.3) is 0 Å². The van der Waals surface area contributed by atoms with Crippen molar-refractivity contribution in [2.45, 2.75) is 39.5 Å². The average Bonchev–Trinajstić information content (AvgIpc) is 2.93. The fourth-order valence-electron chi connectivity index (χ4n) is 2.81. The summed E-state index contributed by atoms with van der Waals surface area (Å²) in [6.45, 7) is 4.12. The Hall–Kier alpha value is -2.50. The first-order valence-corrected chi connectivity index (χ1v) is 8.10. The predicted molar refractivity (Wildman–Crippen MR) is 88.4 cm³/mol. The van der Waals surface area contributed by atoms with Crippen molar-refractivity contribution < 1.29 is 13.9 Å². The molecule has 1 aromatic heterocycles. The zero-order chi connectivity index (χ0) is 17.3. The first-order valence-electron chi connectivity index (χ1n) is 8.10. The van der Waals surface area contributed by atoms with Gasteiger partial charge in [0.05, 0.1) is 0 Å². The van der Waals surface area contributed by atoms with Crippen LogP contribution in [-0.2, 0) is 12.8 Å². The summed E-state index contributed by atoms with van der Waals surface area (Å²) in [4.78, 5) is 1.25. The van der Waals surface area contributed by atoms with E-state index in [2.05, 4.69) is 17.1 Å². The van der Waals surface area contributed by atoms with Crippen LogP contribution in [0.15, 0.2) is 24.3 Å². The van der Waals surface area contributed by atoms with E-state index in [-0.39, 0.29) is 16.8 Å². The zero-order valence-electron chi connectivity index (χ0n) is 13.7. The van der Waals surface area contributed by atoms with Crippen LogP contribution in [-0.4, -0.2) is 20.1 Å². The van der Waals surface area contributed by atoms with Crippen molar-refractivity contribution in [3.63, 3.8) is 0 Å². The molecule has 2 aromatic carbocycles. The molecule has 4 nitrogen and oxygen atoms in total. The van der Waals surface area contributed by atoms with E-state index < -0.39 is 11.6 Å². The Morgan fingerprint density at radius 3 is 2.04 bits per heavy atom. The highest BCUT2D eigenvalue weighted by atomic mass is 19.2. The standard InChI is InChI=1S/C18H19F2N3O/c1-3-5-11-7-12(6-4-2)18(24)17(8-11)23-21-15-9-13(19)14(20)10-16(15)22-23/h7-10,24H,3-6H2,1-2H3. The van der Waals surface area contributed by atoms with Gasteiger partial charge in [0.15, 0.2) is 11.6 Å². The third-order valence-corrected chi connectivity index (χ3v) is 3.92. The van der Waals surface area contributed by atoms with Gasteiger partial charge in [-0.1, -0.05) is 32.8 Å². The van der Waals surface area contributed by atoms with Crippen molar-refractivity contribution in [3.8, 4) is 11.4 Å². The largest absolute Gasteiger partial charge is 0.505 e. The molecule has 6 heteroatoms. The van der Waals surface area contributed by atoms with Crippen LogP contribution in [0.1, 0.15) is 37.8 Å². The summed E-state index contributed by atoms with van der Waals surface area (Å²) in [7, 11) is 0. The molecular formula is C18H19F2N3O. The fraction of sp³-hybridized carbons (Fsp3) is 0.333. The molecule has 0 atom stereocenters. The number of aryl methyl sites for hydroxylation is 2. The monoisotopic (exact) mass is 331 g/mol. The van der Waals surface area contributed by atoms with Gasteiger partial charge in [-0.25, -0.2) is 8.78 Å². The summed E-state index contributed by atoms with van der Waals surface area (Å²) in [6, 6.07) is 5.83. The Labute approximate surface area is 138 Å². The van der Waals surface area contributed by atoms with Crippen molar-refractivity contribution in [1.82, 2.24) is 15.0 Å². The third kappa shape index (κ3) is 2.96. The number of hydrogen-bond acceptors (Lipinski definition) is 3. The Kier molecular flexibility index (Phi) is 4.46. The molecular weight excluding hydrogens is 312 g/mol. The van der Waals surface area contributed by atoms with E-state index >= 15 is 0 Å². The molecule has 1 N–H and O–H groups in total. The maximum atomic E-state index is 13.4. The van der Waals surface area contributed by atoms with Crippen molar-refractivity contribution in [2.24, 2.45) is 0 Å². The van der Waals surface area contributed by atoms with Gasteiger partial charge < -0.3 is 5.11 Å². The topological polar surface area (TPSA) is 50.9 Å². The number of hydrogen-bond donors (Lipinski definition) is 1. The minimum Gasteiger partial charge on any atom is -0.505 e. The van der Waals surface area contributed by atoms with Gasteiger partial charge in [-0.3, -0.25) is 0 Å². The first-order chi connectivity index (χ1) is 11.5. The van der Waals surface area contributed by atoms with E-state index in [0.717, 1.165) is 48.9 Å². The van der Waals surface area contributed by atoms with E-state index in [1.54, 1.807) is 0 Å². The Morgan fingerprint density at radius 2 is 1.50 bits per heavy atom. The van der Waals surface area contributed by atoms with E-state index in [9.17, 15) is 13.9 Å².